The van der Waals surface area contributed by atoms with Gasteiger partial charge in [0, 0.05) is 18.9 Å². The summed E-state index contributed by atoms with van der Waals surface area (Å²) in [5.41, 5.74) is 2.25. The highest BCUT2D eigenvalue weighted by Gasteiger charge is 2.48. The van der Waals surface area contributed by atoms with E-state index in [-0.39, 0.29) is 37.3 Å². The average molecular weight is 511 g/mol. The van der Waals surface area contributed by atoms with Crippen molar-refractivity contribution >= 4 is 24.6 Å². The largest absolute Gasteiger partial charge is 0.475 e. The molecule has 2 atom stereocenters. The molecule has 1 aliphatic rings. The molecule has 0 fully saturated rings. The zero-order chi connectivity index (χ0) is 27.3. The lowest BCUT2D eigenvalue weighted by atomic mass is 9.74. The van der Waals surface area contributed by atoms with Gasteiger partial charge in [-0.25, -0.2) is 0 Å². The van der Waals surface area contributed by atoms with Gasteiger partial charge in [0.25, 0.3) is 11.8 Å². The molecular formula is C26H38BN5O5. The number of benzene rings is 1. The van der Waals surface area contributed by atoms with Gasteiger partial charge < -0.3 is 25.5 Å². The molecule has 0 saturated heterocycles. The number of carbonyl (C=O) groups excluding carboxylic acids is 2. The van der Waals surface area contributed by atoms with Crippen molar-refractivity contribution in [2.45, 2.75) is 78.4 Å². The van der Waals surface area contributed by atoms with E-state index in [0.29, 0.717) is 17.8 Å². The van der Waals surface area contributed by atoms with Crippen LogP contribution in [0.1, 0.15) is 73.9 Å². The summed E-state index contributed by atoms with van der Waals surface area (Å²) in [5, 5.41) is 33.9. The predicted octanol–water partition coefficient (Wildman–Crippen LogP) is 2.11. The van der Waals surface area contributed by atoms with Gasteiger partial charge in [-0.3, -0.25) is 14.3 Å². The Bertz CT molecular complexity index is 1150. The van der Waals surface area contributed by atoms with Crippen molar-refractivity contribution in [2.75, 3.05) is 6.54 Å². The third-order valence-corrected chi connectivity index (χ3v) is 6.26. The number of amides is 2. The molecule has 11 heteroatoms. The molecule has 200 valence electrons. The number of aryl methyl sites for hydroxylation is 2. The van der Waals surface area contributed by atoms with Gasteiger partial charge in [0.15, 0.2) is 0 Å². The summed E-state index contributed by atoms with van der Waals surface area (Å²) < 4.78 is 1.67. The van der Waals surface area contributed by atoms with Crippen molar-refractivity contribution in [3.63, 3.8) is 0 Å². The molecule has 37 heavy (non-hydrogen) atoms. The van der Waals surface area contributed by atoms with Gasteiger partial charge in [0.1, 0.15) is 5.69 Å². The van der Waals surface area contributed by atoms with E-state index in [1.165, 1.54) is 0 Å². The molecular weight excluding hydrogens is 473 g/mol. The van der Waals surface area contributed by atoms with E-state index in [2.05, 4.69) is 20.9 Å². The smallest absolute Gasteiger partial charge is 0.426 e. The van der Waals surface area contributed by atoms with Crippen molar-refractivity contribution < 1.29 is 24.5 Å². The van der Waals surface area contributed by atoms with Gasteiger partial charge in [-0.05, 0) is 51.7 Å². The Morgan fingerprint density at radius 2 is 1.92 bits per heavy atom. The SMILES string of the molecule is Cc1cccc(CC2(C(=O)NC(CC(C)C)B(O)O)CC(CNC(=O)c3cc(C)nn3C(C)C)=NO2)c1. The number of rotatable bonds is 11. The lowest BCUT2D eigenvalue weighted by Crippen LogP contribution is -2.56. The molecule has 2 unspecified atom stereocenters. The summed E-state index contributed by atoms with van der Waals surface area (Å²) in [6.07, 6.45) is 0.763. The van der Waals surface area contributed by atoms with Crippen LogP contribution in [-0.4, -0.2) is 62.6 Å². The fraction of sp³-hybridized carbons (Fsp3) is 0.538. The van der Waals surface area contributed by atoms with Crippen LogP contribution in [0.25, 0.3) is 0 Å². The van der Waals surface area contributed by atoms with Crippen molar-refractivity contribution in [1.29, 1.82) is 0 Å². The molecule has 1 aliphatic heterocycles. The molecule has 4 N–H and O–H groups in total. The first-order chi connectivity index (χ1) is 17.4. The van der Waals surface area contributed by atoms with Crippen LogP contribution in [0.15, 0.2) is 35.5 Å². The van der Waals surface area contributed by atoms with Crippen LogP contribution in [0.2, 0.25) is 0 Å². The van der Waals surface area contributed by atoms with Crippen LogP contribution in [0.3, 0.4) is 0 Å². The highest BCUT2D eigenvalue weighted by Crippen LogP contribution is 2.30. The van der Waals surface area contributed by atoms with Gasteiger partial charge in [-0.15, -0.1) is 0 Å². The lowest BCUT2D eigenvalue weighted by molar-refractivity contribution is -0.144. The first-order valence-electron chi connectivity index (χ1n) is 12.7. The Kier molecular flexibility index (Phi) is 9.14. The molecule has 2 heterocycles. The summed E-state index contributed by atoms with van der Waals surface area (Å²) in [6, 6.07) is 9.51. The van der Waals surface area contributed by atoms with E-state index >= 15 is 0 Å². The Morgan fingerprint density at radius 1 is 1.19 bits per heavy atom. The molecule has 0 saturated carbocycles. The second-order valence-electron chi connectivity index (χ2n) is 10.6. The second-order valence-corrected chi connectivity index (χ2v) is 10.6. The van der Waals surface area contributed by atoms with Crippen LogP contribution in [-0.2, 0) is 16.1 Å². The zero-order valence-corrected chi connectivity index (χ0v) is 22.5. The second kappa shape index (κ2) is 11.9. The van der Waals surface area contributed by atoms with Crippen LogP contribution < -0.4 is 10.6 Å². The number of nitrogens with zero attached hydrogens (tertiary/aromatic N) is 3. The van der Waals surface area contributed by atoms with E-state index in [0.717, 1.165) is 16.8 Å². The topological polar surface area (TPSA) is 138 Å². The Morgan fingerprint density at radius 3 is 2.54 bits per heavy atom. The monoisotopic (exact) mass is 511 g/mol. The summed E-state index contributed by atoms with van der Waals surface area (Å²) in [6.45, 7) is 11.7. The van der Waals surface area contributed by atoms with Gasteiger partial charge in [-0.2, -0.15) is 5.10 Å². The van der Waals surface area contributed by atoms with Crippen LogP contribution in [0.4, 0.5) is 0 Å². The number of oxime groups is 1. The lowest BCUT2D eigenvalue weighted by Gasteiger charge is -2.29. The van der Waals surface area contributed by atoms with Gasteiger partial charge in [0.2, 0.25) is 5.60 Å². The van der Waals surface area contributed by atoms with E-state index < -0.39 is 24.6 Å². The number of hydrogen-bond acceptors (Lipinski definition) is 7. The van der Waals surface area contributed by atoms with E-state index in [4.69, 9.17) is 4.84 Å². The third kappa shape index (κ3) is 7.20. The molecule has 1 aromatic heterocycles. The van der Waals surface area contributed by atoms with Crippen molar-refractivity contribution in [1.82, 2.24) is 20.4 Å². The minimum absolute atomic E-state index is 0.0212. The summed E-state index contributed by atoms with van der Waals surface area (Å²) in [5.74, 6) is -1.49. The van der Waals surface area contributed by atoms with E-state index in [9.17, 15) is 19.6 Å². The molecule has 0 bridgehead atoms. The number of hydrogen-bond donors (Lipinski definition) is 4. The van der Waals surface area contributed by atoms with Gasteiger partial charge in [-0.1, -0.05) is 48.8 Å². The van der Waals surface area contributed by atoms with Crippen LogP contribution in [0, 0.1) is 19.8 Å². The molecule has 1 aromatic carbocycles. The Labute approximate surface area is 218 Å². The first kappa shape index (κ1) is 28.4. The average Bonchev–Trinajstić information content (AvgIpc) is 3.41. The fourth-order valence-corrected chi connectivity index (χ4v) is 4.51. The molecule has 0 spiro atoms. The number of aromatic nitrogens is 2. The number of carbonyl (C=O) groups is 2. The normalized spacial score (nSPS) is 17.9. The molecule has 0 aliphatic carbocycles. The van der Waals surface area contributed by atoms with Crippen molar-refractivity contribution in [2.24, 2.45) is 11.1 Å². The molecule has 0 radical (unpaired) electrons. The quantitative estimate of drug-likeness (QED) is 0.341. The molecule has 2 aromatic rings. The van der Waals surface area contributed by atoms with Gasteiger partial charge in [0.05, 0.1) is 23.9 Å². The van der Waals surface area contributed by atoms with E-state index in [1.807, 2.05) is 65.8 Å². The zero-order valence-electron chi connectivity index (χ0n) is 22.5. The number of nitrogens with one attached hydrogen (secondary N) is 2. The van der Waals surface area contributed by atoms with Crippen LogP contribution >= 0.6 is 0 Å². The van der Waals surface area contributed by atoms with Crippen molar-refractivity contribution in [3.8, 4) is 0 Å². The molecule has 10 nitrogen and oxygen atoms in total. The molecule has 3 rings (SSSR count). The van der Waals surface area contributed by atoms with Gasteiger partial charge >= 0.3 is 7.12 Å². The van der Waals surface area contributed by atoms with Crippen molar-refractivity contribution in [3.05, 3.63) is 52.8 Å². The highest BCUT2D eigenvalue weighted by molar-refractivity contribution is 6.43. The van der Waals surface area contributed by atoms with E-state index in [1.54, 1.807) is 10.7 Å². The molecule has 2 amide bonds. The third-order valence-electron chi connectivity index (χ3n) is 6.26. The minimum Gasteiger partial charge on any atom is -0.426 e. The maximum atomic E-state index is 13.5. The highest BCUT2D eigenvalue weighted by atomic mass is 16.7. The maximum Gasteiger partial charge on any atom is 0.475 e. The standard InChI is InChI=1S/C26H38BN5O5/c1-16(2)10-23(27(35)36)29-25(34)26(13-20-9-7-8-18(5)11-20)14-21(31-37-26)15-28-24(33)22-12-19(6)30-32(22)17(3)4/h7-9,11-12,16-17,23,35-36H,10,13-15H2,1-6H3,(H,28,33)(H,29,34). The summed E-state index contributed by atoms with van der Waals surface area (Å²) in [7, 11) is -1.71. The summed E-state index contributed by atoms with van der Waals surface area (Å²) in [4.78, 5) is 32.2. The minimum atomic E-state index is -1.71. The predicted molar refractivity (Wildman–Crippen MR) is 142 cm³/mol. The Hall–Kier alpha value is -3.18. The maximum absolute atomic E-state index is 13.5. The van der Waals surface area contributed by atoms with Crippen LogP contribution in [0.5, 0.6) is 0 Å². The summed E-state index contributed by atoms with van der Waals surface area (Å²) >= 11 is 0. The fourth-order valence-electron chi connectivity index (χ4n) is 4.51. The first-order valence-corrected chi connectivity index (χ1v) is 12.7. The Balaban J connectivity index is 1.77.